The number of nitrogens with zero attached hydrogens (tertiary/aromatic N) is 4. The van der Waals surface area contributed by atoms with E-state index in [0.29, 0.717) is 41.3 Å². The van der Waals surface area contributed by atoms with Crippen molar-refractivity contribution in [3.63, 3.8) is 0 Å². The van der Waals surface area contributed by atoms with Crippen LogP contribution >= 0.6 is 11.6 Å². The van der Waals surface area contributed by atoms with Crippen molar-refractivity contribution in [2.45, 2.75) is 20.0 Å². The second-order valence-electron chi connectivity index (χ2n) is 8.00. The van der Waals surface area contributed by atoms with E-state index in [0.717, 1.165) is 28.5 Å². The lowest BCUT2D eigenvalue weighted by atomic mass is 10.00. The molecule has 0 aliphatic carbocycles. The molecule has 0 saturated heterocycles. The number of fused-ring (bicyclic) bond motifs is 2. The summed E-state index contributed by atoms with van der Waals surface area (Å²) in [4.78, 5) is 11.2. The van der Waals surface area contributed by atoms with Gasteiger partial charge in [0.25, 0.3) is 0 Å². The third-order valence-electron chi connectivity index (χ3n) is 5.84. The number of aromatic amines is 1. The zero-order chi connectivity index (χ0) is 25.4. The van der Waals surface area contributed by atoms with Crippen molar-refractivity contribution in [2.24, 2.45) is 0 Å². The Kier molecular flexibility index (Phi) is 6.17. The highest BCUT2D eigenvalue weighted by molar-refractivity contribution is 6.33. The molecule has 0 aliphatic rings. The van der Waals surface area contributed by atoms with Crippen molar-refractivity contribution in [2.75, 3.05) is 18.1 Å². The second-order valence-corrected chi connectivity index (χ2v) is 8.41. The van der Waals surface area contributed by atoms with Gasteiger partial charge < -0.3 is 9.64 Å². The van der Waals surface area contributed by atoms with E-state index in [1.165, 1.54) is 6.07 Å². The van der Waals surface area contributed by atoms with Crippen LogP contribution in [0.1, 0.15) is 19.4 Å². The Morgan fingerprint density at radius 1 is 1.03 bits per heavy atom. The Morgan fingerprint density at radius 2 is 1.83 bits per heavy atom. The van der Waals surface area contributed by atoms with Gasteiger partial charge in [-0.25, -0.2) is 9.97 Å². The summed E-state index contributed by atoms with van der Waals surface area (Å²) in [6.07, 6.45) is -2.92. The maximum absolute atomic E-state index is 13.2. The number of H-pyrrole nitrogens is 1. The van der Waals surface area contributed by atoms with Crippen LogP contribution in [0, 0.1) is 0 Å². The Balaban J connectivity index is 1.74. The highest BCUT2D eigenvalue weighted by Crippen LogP contribution is 2.41. The van der Waals surface area contributed by atoms with Gasteiger partial charge >= 0.3 is 6.18 Å². The highest BCUT2D eigenvalue weighted by atomic mass is 35.5. The Hall–Kier alpha value is -3.85. The molecule has 0 atom stereocenters. The van der Waals surface area contributed by atoms with Gasteiger partial charge in [-0.1, -0.05) is 41.9 Å². The summed E-state index contributed by atoms with van der Waals surface area (Å²) in [5, 5.41) is 9.02. The summed E-state index contributed by atoms with van der Waals surface area (Å²) in [5.41, 5.74) is 2.04. The van der Waals surface area contributed by atoms with Crippen LogP contribution in [0.2, 0.25) is 5.02 Å². The van der Waals surface area contributed by atoms with Crippen molar-refractivity contribution in [3.8, 4) is 17.0 Å². The van der Waals surface area contributed by atoms with Gasteiger partial charge in [-0.05, 0) is 48.9 Å². The normalized spacial score (nSPS) is 11.8. The first-order valence-corrected chi connectivity index (χ1v) is 11.7. The van der Waals surface area contributed by atoms with Gasteiger partial charge in [0, 0.05) is 6.54 Å². The van der Waals surface area contributed by atoms with Crippen molar-refractivity contribution < 1.29 is 17.9 Å². The molecular weight excluding hydrogens is 491 g/mol. The van der Waals surface area contributed by atoms with E-state index in [1.807, 2.05) is 50.2 Å². The number of hydrogen-bond donors (Lipinski definition) is 1. The monoisotopic (exact) mass is 511 g/mol. The minimum atomic E-state index is -4.50. The highest BCUT2D eigenvalue weighted by Gasteiger charge is 2.31. The summed E-state index contributed by atoms with van der Waals surface area (Å²) in [6.45, 7) is 4.57. The standard InChI is InChI=1S/C26H21ClF3N5O/c1-3-35(20-11-10-16(13-18(20)27)26(28,29)30)25-32-19-14-31-34-23(19)24(33-25)22-17-8-6-5-7-15(17)9-12-21(22)36-4-2/h5-14H,3-4H2,1-2H3,(H,31,34). The molecule has 0 saturated carbocycles. The van der Waals surface area contributed by atoms with Crippen LogP contribution in [0.5, 0.6) is 5.75 Å². The third kappa shape index (κ3) is 4.19. The predicted octanol–water partition coefficient (Wildman–Crippen LogP) is 7.40. The van der Waals surface area contributed by atoms with Gasteiger partial charge in [-0.3, -0.25) is 5.10 Å². The minimum Gasteiger partial charge on any atom is -0.493 e. The molecule has 2 aromatic heterocycles. The third-order valence-corrected chi connectivity index (χ3v) is 6.14. The SMILES string of the molecule is CCOc1ccc2ccccc2c1-c1nc(N(CC)c2ccc(C(F)(F)F)cc2Cl)nc2cn[nH]c12. The summed E-state index contributed by atoms with van der Waals surface area (Å²) >= 11 is 6.32. The maximum Gasteiger partial charge on any atom is 0.416 e. The average molecular weight is 512 g/mol. The lowest BCUT2D eigenvalue weighted by Crippen LogP contribution is -2.20. The van der Waals surface area contributed by atoms with E-state index < -0.39 is 11.7 Å². The largest absolute Gasteiger partial charge is 0.493 e. The fraction of sp³-hybridized carbons (Fsp3) is 0.192. The van der Waals surface area contributed by atoms with Crippen molar-refractivity contribution in [1.29, 1.82) is 0 Å². The molecule has 10 heteroatoms. The maximum atomic E-state index is 13.2. The van der Waals surface area contributed by atoms with E-state index in [4.69, 9.17) is 21.3 Å². The lowest BCUT2D eigenvalue weighted by molar-refractivity contribution is -0.137. The van der Waals surface area contributed by atoms with Gasteiger partial charge in [-0.15, -0.1) is 0 Å². The Bertz CT molecular complexity index is 1570. The van der Waals surface area contributed by atoms with Crippen molar-refractivity contribution in [3.05, 3.63) is 71.4 Å². The first-order chi connectivity index (χ1) is 17.3. The number of alkyl halides is 3. The molecule has 0 unspecified atom stereocenters. The number of hydrogen-bond acceptors (Lipinski definition) is 5. The molecule has 0 spiro atoms. The summed E-state index contributed by atoms with van der Waals surface area (Å²) < 4.78 is 45.5. The number of aromatic nitrogens is 4. The van der Waals surface area contributed by atoms with E-state index >= 15 is 0 Å². The summed E-state index contributed by atoms with van der Waals surface area (Å²) in [6, 6.07) is 15.0. The van der Waals surface area contributed by atoms with Gasteiger partial charge in [0.2, 0.25) is 5.95 Å². The molecule has 5 aromatic rings. The van der Waals surface area contributed by atoms with E-state index in [2.05, 4.69) is 15.2 Å². The molecular formula is C26H21ClF3N5O. The molecule has 184 valence electrons. The molecule has 5 rings (SSSR count). The smallest absolute Gasteiger partial charge is 0.416 e. The quantitative estimate of drug-likeness (QED) is 0.257. The molecule has 0 aliphatic heterocycles. The number of ether oxygens (including phenoxy) is 1. The van der Waals surface area contributed by atoms with Gasteiger partial charge in [0.05, 0.1) is 34.6 Å². The van der Waals surface area contributed by atoms with Gasteiger partial charge in [0.15, 0.2) is 0 Å². The predicted molar refractivity (Wildman–Crippen MR) is 135 cm³/mol. The number of halogens is 4. The van der Waals surface area contributed by atoms with Crippen molar-refractivity contribution in [1.82, 2.24) is 20.2 Å². The first kappa shape index (κ1) is 23.9. The van der Waals surface area contributed by atoms with Crippen LogP contribution in [0.3, 0.4) is 0 Å². The molecule has 0 fully saturated rings. The Morgan fingerprint density at radius 3 is 2.56 bits per heavy atom. The molecule has 0 radical (unpaired) electrons. The fourth-order valence-corrected chi connectivity index (χ4v) is 4.50. The van der Waals surface area contributed by atoms with E-state index in [-0.39, 0.29) is 11.0 Å². The number of rotatable bonds is 6. The summed E-state index contributed by atoms with van der Waals surface area (Å²) in [5.74, 6) is 0.922. The first-order valence-electron chi connectivity index (χ1n) is 11.3. The Labute approximate surface area is 209 Å². The molecule has 36 heavy (non-hydrogen) atoms. The van der Waals surface area contributed by atoms with Crippen LogP contribution in [0.4, 0.5) is 24.8 Å². The molecule has 6 nitrogen and oxygen atoms in total. The van der Waals surface area contributed by atoms with Crippen molar-refractivity contribution >= 4 is 45.0 Å². The second kappa shape index (κ2) is 9.31. The molecule has 0 bridgehead atoms. The molecule has 2 heterocycles. The van der Waals surface area contributed by atoms with Crippen LogP contribution in [-0.4, -0.2) is 33.3 Å². The van der Waals surface area contributed by atoms with Crippen LogP contribution in [0.15, 0.2) is 60.8 Å². The topological polar surface area (TPSA) is 66.9 Å². The van der Waals surface area contributed by atoms with E-state index in [1.54, 1.807) is 11.1 Å². The van der Waals surface area contributed by atoms with Gasteiger partial charge in [0.1, 0.15) is 22.5 Å². The van der Waals surface area contributed by atoms with E-state index in [9.17, 15) is 13.2 Å². The zero-order valence-corrected chi connectivity index (χ0v) is 20.2. The van der Waals surface area contributed by atoms with Crippen LogP contribution < -0.4 is 9.64 Å². The molecule has 0 amide bonds. The number of nitrogens with one attached hydrogen (secondary N) is 1. The summed E-state index contributed by atoms with van der Waals surface area (Å²) in [7, 11) is 0. The number of benzene rings is 3. The van der Waals surface area contributed by atoms with Crippen LogP contribution in [0.25, 0.3) is 33.1 Å². The zero-order valence-electron chi connectivity index (χ0n) is 19.4. The molecule has 3 aromatic carbocycles. The molecule has 1 N–H and O–H groups in total. The minimum absolute atomic E-state index is 0.0516. The van der Waals surface area contributed by atoms with Crippen LogP contribution in [-0.2, 0) is 6.18 Å². The van der Waals surface area contributed by atoms with Gasteiger partial charge in [-0.2, -0.15) is 18.3 Å². The lowest BCUT2D eigenvalue weighted by Gasteiger charge is -2.24. The average Bonchev–Trinajstić information content (AvgIpc) is 3.33. The fourth-order valence-electron chi connectivity index (χ4n) is 4.22. The number of anilines is 2.